The summed E-state index contributed by atoms with van der Waals surface area (Å²) in [5.41, 5.74) is 0.565. The number of fused-ring (bicyclic) bond motifs is 1. The van der Waals surface area contributed by atoms with Gasteiger partial charge in [0.2, 0.25) is 0 Å². The molecule has 0 radical (unpaired) electrons. The van der Waals surface area contributed by atoms with Crippen molar-refractivity contribution in [1.82, 2.24) is 5.32 Å². The number of alkyl carbamates (subject to hydrolysis) is 1. The zero-order chi connectivity index (χ0) is 24.7. The third-order valence-electron chi connectivity index (χ3n) is 7.36. The van der Waals surface area contributed by atoms with E-state index in [4.69, 9.17) is 14.2 Å². The summed E-state index contributed by atoms with van der Waals surface area (Å²) in [7, 11) is 1.43. The Morgan fingerprint density at radius 2 is 1.82 bits per heavy atom. The molecule has 34 heavy (non-hydrogen) atoms. The van der Waals surface area contributed by atoms with Gasteiger partial charge in [-0.2, -0.15) is 0 Å². The molecule has 2 atom stereocenters. The fraction of sp³-hybridized carbons (Fsp3) is 0.667. The fourth-order valence-electron chi connectivity index (χ4n) is 5.52. The van der Waals surface area contributed by atoms with Crippen molar-refractivity contribution < 1.29 is 28.6 Å². The van der Waals surface area contributed by atoms with Gasteiger partial charge in [-0.15, -0.1) is 0 Å². The van der Waals surface area contributed by atoms with Crippen LogP contribution in [0, 0.1) is 11.8 Å². The predicted molar refractivity (Wildman–Crippen MR) is 127 cm³/mol. The Kier molecular flexibility index (Phi) is 6.67. The van der Waals surface area contributed by atoms with E-state index in [9.17, 15) is 14.4 Å². The lowest BCUT2D eigenvalue weighted by Crippen LogP contribution is -2.49. The second kappa shape index (κ2) is 9.23. The molecule has 2 saturated carbocycles. The monoisotopic (exact) mass is 471 g/mol. The number of esters is 1. The maximum atomic E-state index is 13.0. The SMILES string of the molecule is COC(=O)C(C)C(c1ccc2c(c1)OC1(CCC(NC(=O)OC(C)(C)C)CC1)CC2=O)C1CC1. The second-order valence-corrected chi connectivity index (χ2v) is 11.2. The number of rotatable bonds is 5. The highest BCUT2D eigenvalue weighted by Gasteiger charge is 2.45. The fourth-order valence-corrected chi connectivity index (χ4v) is 5.52. The summed E-state index contributed by atoms with van der Waals surface area (Å²) in [5, 5.41) is 2.95. The van der Waals surface area contributed by atoms with Crippen LogP contribution < -0.4 is 10.1 Å². The Balaban J connectivity index is 1.47. The van der Waals surface area contributed by atoms with Crippen molar-refractivity contribution in [3.63, 3.8) is 0 Å². The van der Waals surface area contributed by atoms with Gasteiger partial charge in [0.1, 0.15) is 17.0 Å². The molecule has 186 valence electrons. The summed E-state index contributed by atoms with van der Waals surface area (Å²) >= 11 is 0. The van der Waals surface area contributed by atoms with E-state index in [1.54, 1.807) is 0 Å². The van der Waals surface area contributed by atoms with Crippen molar-refractivity contribution >= 4 is 17.8 Å². The Morgan fingerprint density at radius 1 is 1.15 bits per heavy atom. The lowest BCUT2D eigenvalue weighted by atomic mass is 9.76. The van der Waals surface area contributed by atoms with Crippen LogP contribution >= 0.6 is 0 Å². The minimum absolute atomic E-state index is 0.00654. The van der Waals surface area contributed by atoms with E-state index in [1.165, 1.54) is 7.11 Å². The number of Topliss-reactive ketones (excluding diaryl/α,β-unsaturated/α-hetero) is 1. The molecule has 1 spiro atoms. The normalized spacial score (nSPS) is 26.1. The van der Waals surface area contributed by atoms with Gasteiger partial charge in [-0.05, 0) is 88.8 Å². The molecule has 1 heterocycles. The standard InChI is InChI=1S/C27H37NO6/c1-16(24(30)32-5)23(17-6-7-17)18-8-9-20-21(29)15-27(33-22(20)14-18)12-10-19(11-13-27)28-25(31)34-26(2,3)4/h8-9,14,16-17,19,23H,6-7,10-13,15H2,1-5H3,(H,28,31). The van der Waals surface area contributed by atoms with Crippen LogP contribution in [0.4, 0.5) is 4.79 Å². The first kappa shape index (κ1) is 24.6. The van der Waals surface area contributed by atoms with E-state index in [0.717, 1.165) is 31.2 Å². The lowest BCUT2D eigenvalue weighted by molar-refractivity contribution is -0.145. The van der Waals surface area contributed by atoms with E-state index < -0.39 is 17.3 Å². The van der Waals surface area contributed by atoms with Gasteiger partial charge in [-0.3, -0.25) is 9.59 Å². The van der Waals surface area contributed by atoms with Crippen LogP contribution in [0.15, 0.2) is 18.2 Å². The molecule has 7 nitrogen and oxygen atoms in total. The molecule has 1 amide bonds. The van der Waals surface area contributed by atoms with Crippen LogP contribution in [0.3, 0.4) is 0 Å². The Morgan fingerprint density at radius 3 is 2.41 bits per heavy atom. The first-order chi connectivity index (χ1) is 16.0. The molecule has 4 rings (SSSR count). The molecule has 7 heteroatoms. The Labute approximate surface area is 201 Å². The van der Waals surface area contributed by atoms with Crippen molar-refractivity contribution in [3.05, 3.63) is 29.3 Å². The molecule has 2 fully saturated rings. The molecular weight excluding hydrogens is 434 g/mol. The molecule has 1 aliphatic heterocycles. The van der Waals surface area contributed by atoms with Crippen molar-refractivity contribution in [2.45, 2.75) is 95.8 Å². The molecule has 0 saturated heterocycles. The summed E-state index contributed by atoms with van der Waals surface area (Å²) < 4.78 is 16.9. The molecule has 2 aliphatic carbocycles. The number of ether oxygens (including phenoxy) is 3. The van der Waals surface area contributed by atoms with E-state index in [-0.39, 0.29) is 29.6 Å². The zero-order valence-corrected chi connectivity index (χ0v) is 20.9. The molecule has 0 bridgehead atoms. The number of nitrogens with one attached hydrogen (secondary N) is 1. The van der Waals surface area contributed by atoms with Crippen LogP contribution in [-0.2, 0) is 14.3 Å². The van der Waals surface area contributed by atoms with Crippen LogP contribution in [0.2, 0.25) is 0 Å². The van der Waals surface area contributed by atoms with Gasteiger partial charge in [0.05, 0.1) is 25.0 Å². The summed E-state index contributed by atoms with van der Waals surface area (Å²) in [6, 6.07) is 5.81. The molecule has 0 aromatic heterocycles. The average Bonchev–Trinajstić information content (AvgIpc) is 3.58. The Hall–Kier alpha value is -2.57. The van der Waals surface area contributed by atoms with Crippen LogP contribution in [0.1, 0.15) is 94.5 Å². The maximum Gasteiger partial charge on any atom is 0.407 e. The quantitative estimate of drug-likeness (QED) is 0.597. The minimum Gasteiger partial charge on any atom is -0.486 e. The van der Waals surface area contributed by atoms with E-state index >= 15 is 0 Å². The van der Waals surface area contributed by atoms with Crippen LogP contribution in [-0.4, -0.2) is 42.2 Å². The summed E-state index contributed by atoms with van der Waals surface area (Å²) in [6.45, 7) is 7.45. The predicted octanol–water partition coefficient (Wildman–Crippen LogP) is 5.16. The number of benzene rings is 1. The van der Waals surface area contributed by atoms with Gasteiger partial charge in [-0.25, -0.2) is 4.79 Å². The number of hydrogen-bond acceptors (Lipinski definition) is 6. The molecular formula is C27H37NO6. The summed E-state index contributed by atoms with van der Waals surface area (Å²) in [4.78, 5) is 37.5. The zero-order valence-electron chi connectivity index (χ0n) is 20.9. The third kappa shape index (κ3) is 5.39. The maximum absolute atomic E-state index is 13.0. The first-order valence-electron chi connectivity index (χ1n) is 12.4. The largest absolute Gasteiger partial charge is 0.486 e. The van der Waals surface area contributed by atoms with Crippen LogP contribution in [0.25, 0.3) is 0 Å². The number of carbonyl (C=O) groups is 3. The van der Waals surface area contributed by atoms with Crippen molar-refractivity contribution in [2.24, 2.45) is 11.8 Å². The van der Waals surface area contributed by atoms with Crippen LogP contribution in [0.5, 0.6) is 5.75 Å². The lowest BCUT2D eigenvalue weighted by Gasteiger charge is -2.43. The second-order valence-electron chi connectivity index (χ2n) is 11.2. The molecule has 2 unspecified atom stereocenters. The molecule has 3 aliphatic rings. The number of ketones is 1. The summed E-state index contributed by atoms with van der Waals surface area (Å²) in [6.07, 6.45) is 4.97. The van der Waals surface area contributed by atoms with E-state index in [1.807, 2.05) is 45.9 Å². The highest BCUT2D eigenvalue weighted by molar-refractivity contribution is 6.00. The molecule has 1 N–H and O–H groups in total. The topological polar surface area (TPSA) is 90.9 Å². The van der Waals surface area contributed by atoms with Gasteiger partial charge in [0.25, 0.3) is 0 Å². The van der Waals surface area contributed by atoms with E-state index in [2.05, 4.69) is 5.32 Å². The molecule has 1 aromatic carbocycles. The third-order valence-corrected chi connectivity index (χ3v) is 7.36. The van der Waals surface area contributed by atoms with Crippen molar-refractivity contribution in [1.29, 1.82) is 0 Å². The smallest absolute Gasteiger partial charge is 0.407 e. The van der Waals surface area contributed by atoms with Gasteiger partial charge in [0, 0.05) is 6.04 Å². The number of amides is 1. The number of hydrogen-bond donors (Lipinski definition) is 1. The van der Waals surface area contributed by atoms with E-state index in [0.29, 0.717) is 36.5 Å². The van der Waals surface area contributed by atoms with Gasteiger partial charge < -0.3 is 19.5 Å². The van der Waals surface area contributed by atoms with Gasteiger partial charge >= 0.3 is 12.1 Å². The highest BCUT2D eigenvalue weighted by Crippen LogP contribution is 2.49. The highest BCUT2D eigenvalue weighted by atomic mass is 16.6. The number of methoxy groups -OCH3 is 1. The first-order valence-corrected chi connectivity index (χ1v) is 12.4. The Bertz CT molecular complexity index is 952. The average molecular weight is 472 g/mol. The summed E-state index contributed by atoms with van der Waals surface area (Å²) in [5.74, 6) is 0.764. The number of carbonyl (C=O) groups excluding carboxylic acids is 3. The van der Waals surface area contributed by atoms with Crippen molar-refractivity contribution in [3.8, 4) is 5.75 Å². The van der Waals surface area contributed by atoms with Gasteiger partial charge in [0.15, 0.2) is 5.78 Å². The van der Waals surface area contributed by atoms with Crippen molar-refractivity contribution in [2.75, 3.05) is 7.11 Å². The van der Waals surface area contributed by atoms with Gasteiger partial charge in [-0.1, -0.05) is 13.0 Å². The minimum atomic E-state index is -0.544. The molecule has 1 aromatic rings.